The van der Waals surface area contributed by atoms with E-state index >= 15 is 0 Å². The van der Waals surface area contributed by atoms with Crippen LogP contribution in [0.2, 0.25) is 0 Å². The number of rotatable bonds is 9. The molecule has 0 saturated carbocycles. The largest absolute Gasteiger partial charge is 0.147 e. The number of hydrogen-bond donors (Lipinski definition) is 0. The fourth-order valence-corrected chi connectivity index (χ4v) is 5.47. The van der Waals surface area contributed by atoms with Gasteiger partial charge in [0.05, 0.1) is 0 Å². The van der Waals surface area contributed by atoms with Gasteiger partial charge < -0.3 is 0 Å². The van der Waals surface area contributed by atoms with Crippen LogP contribution in [-0.4, -0.2) is 23.3 Å². The van der Waals surface area contributed by atoms with E-state index in [9.17, 15) is 0 Å². The molecule has 130 valence electrons. The molecule has 0 aromatic heterocycles. The molecule has 0 radical (unpaired) electrons. The van der Waals surface area contributed by atoms with Gasteiger partial charge >= 0.3 is 136 Å². The fraction of sp³-hybridized carbons (Fsp3) is 0.778. The molecule has 0 aliphatic heterocycles. The molecular formula is C18H35Cl2NTi. The minimum absolute atomic E-state index is 0. The average Bonchev–Trinajstić information content (AvgIpc) is 2.69. The summed E-state index contributed by atoms with van der Waals surface area (Å²) >= 11 is -0.0249. The Kier molecular flexibility index (Phi) is 14.8. The summed E-state index contributed by atoms with van der Waals surface area (Å²) in [6.07, 6.45) is 10.5. The van der Waals surface area contributed by atoms with E-state index in [1.807, 2.05) is 3.88 Å². The number of allylic oxidation sites excluding steroid dienone is 4. The van der Waals surface area contributed by atoms with Crippen molar-refractivity contribution in [2.24, 2.45) is 5.92 Å². The quantitative estimate of drug-likeness (QED) is 0.439. The number of halogens is 2. The fourth-order valence-electron chi connectivity index (χ4n) is 2.96. The summed E-state index contributed by atoms with van der Waals surface area (Å²) in [4.78, 5) is 2.41. The van der Waals surface area contributed by atoms with E-state index in [2.05, 4.69) is 52.8 Å². The van der Waals surface area contributed by atoms with Crippen LogP contribution in [-0.2, 0) is 19.2 Å². The van der Waals surface area contributed by atoms with Gasteiger partial charge in [-0.2, -0.15) is 0 Å². The van der Waals surface area contributed by atoms with Gasteiger partial charge in [0, 0.05) is 0 Å². The Balaban J connectivity index is 0. The van der Waals surface area contributed by atoms with Crippen LogP contribution in [0.1, 0.15) is 66.2 Å². The first kappa shape index (κ1) is 25.0. The third-order valence-corrected chi connectivity index (χ3v) is 7.24. The SMILES string of the molecule is CCCC1=CC(CCC)[C]([Ti][CH](C)N(C)C)=C1CCC.Cl.Cl. The van der Waals surface area contributed by atoms with Gasteiger partial charge in [-0.25, -0.2) is 0 Å². The summed E-state index contributed by atoms with van der Waals surface area (Å²) in [5, 5.41) is 0. The van der Waals surface area contributed by atoms with Crippen LogP contribution < -0.4 is 0 Å². The summed E-state index contributed by atoms with van der Waals surface area (Å²) in [6.45, 7) is 9.39. The van der Waals surface area contributed by atoms with Crippen molar-refractivity contribution < 1.29 is 19.2 Å². The molecule has 4 heteroatoms. The first-order valence-corrected chi connectivity index (χ1v) is 10.1. The zero-order valence-corrected chi connectivity index (χ0v) is 18.4. The van der Waals surface area contributed by atoms with Crippen LogP contribution in [0.15, 0.2) is 21.1 Å². The zero-order valence-electron chi connectivity index (χ0n) is 15.2. The standard InChI is InChI=1S/C14H23.C4H10N.2ClH.Ti/c1-4-7-12-10-13(8-5-2)14(11-12)9-6-3;1-4-5(2)3;;;/h10,12H,4-9H2,1-3H3;4H,1-3H3;2*1H;. The molecule has 0 saturated heterocycles. The van der Waals surface area contributed by atoms with E-state index in [-0.39, 0.29) is 44.0 Å². The average molecular weight is 384 g/mol. The first-order valence-electron chi connectivity index (χ1n) is 8.42. The van der Waals surface area contributed by atoms with Gasteiger partial charge in [0.15, 0.2) is 0 Å². The molecule has 2 atom stereocenters. The molecule has 0 aromatic rings. The van der Waals surface area contributed by atoms with Crippen molar-refractivity contribution in [2.45, 2.75) is 70.6 Å². The van der Waals surface area contributed by atoms with Gasteiger partial charge in [-0.3, -0.25) is 0 Å². The van der Waals surface area contributed by atoms with Crippen molar-refractivity contribution in [1.29, 1.82) is 0 Å². The molecule has 1 aliphatic rings. The van der Waals surface area contributed by atoms with E-state index < -0.39 is 0 Å². The van der Waals surface area contributed by atoms with Crippen molar-refractivity contribution in [2.75, 3.05) is 14.1 Å². The number of hydrogen-bond acceptors (Lipinski definition) is 1. The van der Waals surface area contributed by atoms with Crippen molar-refractivity contribution in [3.05, 3.63) is 21.1 Å². The summed E-state index contributed by atoms with van der Waals surface area (Å²) < 4.78 is 2.66. The monoisotopic (exact) mass is 383 g/mol. The Morgan fingerprint density at radius 1 is 1.05 bits per heavy atom. The van der Waals surface area contributed by atoms with Crippen LogP contribution in [0.3, 0.4) is 0 Å². The van der Waals surface area contributed by atoms with Crippen LogP contribution in [0.5, 0.6) is 0 Å². The van der Waals surface area contributed by atoms with Gasteiger partial charge in [-0.1, -0.05) is 0 Å². The summed E-state index contributed by atoms with van der Waals surface area (Å²) in [7, 11) is 4.47. The Hall–Kier alpha value is 0.734. The Morgan fingerprint density at radius 2 is 1.64 bits per heavy atom. The molecule has 2 unspecified atom stereocenters. The van der Waals surface area contributed by atoms with E-state index in [0.717, 1.165) is 10.3 Å². The molecule has 0 amide bonds. The van der Waals surface area contributed by atoms with E-state index in [0.29, 0.717) is 0 Å². The minimum Gasteiger partial charge on any atom is -0.147 e. The van der Waals surface area contributed by atoms with Crippen LogP contribution in [0, 0.1) is 5.92 Å². The molecule has 1 rings (SSSR count). The Bertz CT molecular complexity index is 364. The van der Waals surface area contributed by atoms with Crippen molar-refractivity contribution >= 4 is 24.8 Å². The van der Waals surface area contributed by atoms with E-state index in [4.69, 9.17) is 0 Å². The molecule has 0 fully saturated rings. The minimum atomic E-state index is -0.0249. The third kappa shape index (κ3) is 7.10. The normalized spacial score (nSPS) is 18.7. The molecule has 1 aliphatic carbocycles. The van der Waals surface area contributed by atoms with E-state index in [1.54, 1.807) is 11.1 Å². The second-order valence-electron chi connectivity index (χ2n) is 6.26. The molecule has 0 bridgehead atoms. The van der Waals surface area contributed by atoms with Crippen LogP contribution in [0.25, 0.3) is 0 Å². The first-order chi connectivity index (χ1) is 9.54. The zero-order chi connectivity index (χ0) is 15.1. The molecule has 0 aromatic carbocycles. The third-order valence-electron chi connectivity index (χ3n) is 4.24. The van der Waals surface area contributed by atoms with Crippen molar-refractivity contribution in [3.8, 4) is 0 Å². The molecular weight excluding hydrogens is 349 g/mol. The molecule has 1 nitrogen and oxygen atoms in total. The topological polar surface area (TPSA) is 3.24 Å². The van der Waals surface area contributed by atoms with Crippen molar-refractivity contribution in [3.63, 3.8) is 0 Å². The summed E-state index contributed by atoms with van der Waals surface area (Å²) in [5.41, 5.74) is 3.49. The van der Waals surface area contributed by atoms with Crippen LogP contribution >= 0.6 is 24.8 Å². The molecule has 0 N–H and O–H groups in total. The maximum Gasteiger partial charge on any atom is -0.147 e. The maximum absolute atomic E-state index is 2.64. The molecule has 0 spiro atoms. The Morgan fingerprint density at radius 3 is 2.09 bits per heavy atom. The maximum atomic E-state index is 2.64. The number of nitrogens with zero attached hydrogens (tertiary/aromatic N) is 1. The smallest absolute Gasteiger partial charge is 0.147 e. The van der Waals surface area contributed by atoms with Gasteiger partial charge in [0.25, 0.3) is 0 Å². The van der Waals surface area contributed by atoms with Gasteiger partial charge in [0.1, 0.15) is 0 Å². The van der Waals surface area contributed by atoms with Crippen LogP contribution in [0.4, 0.5) is 0 Å². The summed E-state index contributed by atoms with van der Waals surface area (Å²) in [5.74, 6) is 0.783. The van der Waals surface area contributed by atoms with Gasteiger partial charge in [0.2, 0.25) is 0 Å². The van der Waals surface area contributed by atoms with Gasteiger partial charge in [-0.15, -0.1) is 24.8 Å². The van der Waals surface area contributed by atoms with E-state index in [1.165, 1.54) is 38.5 Å². The predicted octanol–water partition coefficient (Wildman–Crippen LogP) is 6.03. The van der Waals surface area contributed by atoms with Crippen molar-refractivity contribution in [1.82, 2.24) is 4.90 Å². The predicted molar refractivity (Wildman–Crippen MR) is 101 cm³/mol. The molecule has 0 heterocycles. The Labute approximate surface area is 160 Å². The van der Waals surface area contributed by atoms with Gasteiger partial charge in [-0.05, 0) is 0 Å². The molecule has 22 heavy (non-hydrogen) atoms. The second kappa shape index (κ2) is 13.1. The second-order valence-corrected chi connectivity index (χ2v) is 8.86. The summed E-state index contributed by atoms with van der Waals surface area (Å²) in [6, 6.07) is 0.